The van der Waals surface area contributed by atoms with Gasteiger partial charge in [-0.1, -0.05) is 30.3 Å². The van der Waals surface area contributed by atoms with Gasteiger partial charge in [-0.25, -0.2) is 4.98 Å². The Morgan fingerprint density at radius 2 is 2.00 bits per heavy atom. The van der Waals surface area contributed by atoms with E-state index >= 15 is 0 Å². The van der Waals surface area contributed by atoms with Gasteiger partial charge < -0.3 is 4.74 Å². The molecule has 3 nitrogen and oxygen atoms in total. The lowest BCUT2D eigenvalue weighted by atomic mass is 10.0. The van der Waals surface area contributed by atoms with Crippen LogP contribution in [0.15, 0.2) is 42.6 Å². The molecule has 0 saturated carbocycles. The number of aromatic nitrogens is 1. The normalized spacial score (nSPS) is 10.7. The highest BCUT2D eigenvalue weighted by molar-refractivity contribution is 7.17. The Labute approximate surface area is 120 Å². The topological polar surface area (TPSA) is 39.2 Å². The first-order valence-electron chi connectivity index (χ1n) is 6.23. The van der Waals surface area contributed by atoms with Crippen molar-refractivity contribution in [2.75, 3.05) is 7.11 Å². The smallest absolute Gasteiger partial charge is 0.171 e. The molecule has 4 heteroatoms. The van der Waals surface area contributed by atoms with Crippen LogP contribution in [0.5, 0.6) is 5.75 Å². The molecule has 3 aromatic rings. The molecule has 0 fully saturated rings. The second kappa shape index (κ2) is 5.06. The number of hydrogen-bond acceptors (Lipinski definition) is 4. The molecule has 0 amide bonds. The summed E-state index contributed by atoms with van der Waals surface area (Å²) in [5.41, 5.74) is 0.947. The van der Waals surface area contributed by atoms with Crippen molar-refractivity contribution < 1.29 is 9.53 Å². The number of rotatable bonds is 3. The van der Waals surface area contributed by atoms with E-state index in [-0.39, 0.29) is 5.78 Å². The summed E-state index contributed by atoms with van der Waals surface area (Å²) in [5, 5.41) is 3.02. The maximum atomic E-state index is 11.4. The van der Waals surface area contributed by atoms with Gasteiger partial charge in [-0.15, -0.1) is 11.3 Å². The van der Waals surface area contributed by atoms with E-state index in [2.05, 4.69) is 11.1 Å². The lowest BCUT2D eigenvalue weighted by Gasteiger charge is -2.09. The molecule has 0 atom stereocenters. The van der Waals surface area contributed by atoms with Crippen LogP contribution in [0.25, 0.3) is 21.3 Å². The third-order valence-electron chi connectivity index (χ3n) is 3.18. The number of hydrogen-bond donors (Lipinski definition) is 0. The zero-order valence-corrected chi connectivity index (χ0v) is 12.0. The maximum absolute atomic E-state index is 11.4. The Kier molecular flexibility index (Phi) is 3.24. The van der Waals surface area contributed by atoms with Crippen molar-refractivity contribution in [1.29, 1.82) is 0 Å². The second-order valence-corrected chi connectivity index (χ2v) is 5.48. The highest BCUT2D eigenvalue weighted by Gasteiger charge is 2.15. The zero-order valence-electron chi connectivity index (χ0n) is 11.2. The lowest BCUT2D eigenvalue weighted by molar-refractivity contribution is 0.102. The molecule has 0 saturated heterocycles. The number of ketones is 1. The quantitative estimate of drug-likeness (QED) is 0.677. The number of benzene rings is 2. The summed E-state index contributed by atoms with van der Waals surface area (Å²) in [6.07, 6.45) is 1.63. The molecule has 0 aliphatic heterocycles. The van der Waals surface area contributed by atoms with Gasteiger partial charge in [0.15, 0.2) is 5.78 Å². The molecular formula is C16H13NO2S. The standard InChI is InChI=1S/C16H13NO2S/c1-10(18)14-9-17-16(20-14)15-12-6-4-3-5-11(12)7-8-13(15)19-2/h3-9H,1-2H3. The van der Waals surface area contributed by atoms with Crippen LogP contribution in [0, 0.1) is 0 Å². The average molecular weight is 283 g/mol. The maximum Gasteiger partial charge on any atom is 0.171 e. The van der Waals surface area contributed by atoms with Crippen molar-refractivity contribution >= 4 is 27.9 Å². The number of nitrogens with zero attached hydrogens (tertiary/aromatic N) is 1. The molecule has 0 bridgehead atoms. The van der Waals surface area contributed by atoms with Crippen molar-refractivity contribution in [2.24, 2.45) is 0 Å². The van der Waals surface area contributed by atoms with Crippen molar-refractivity contribution in [3.63, 3.8) is 0 Å². The SMILES string of the molecule is COc1ccc2ccccc2c1-c1ncc(C(C)=O)s1. The van der Waals surface area contributed by atoms with Crippen LogP contribution in [-0.4, -0.2) is 17.9 Å². The Bertz CT molecular complexity index is 792. The van der Waals surface area contributed by atoms with Gasteiger partial charge >= 0.3 is 0 Å². The van der Waals surface area contributed by atoms with Gasteiger partial charge in [0.1, 0.15) is 10.8 Å². The van der Waals surface area contributed by atoms with E-state index in [0.29, 0.717) is 4.88 Å². The minimum absolute atomic E-state index is 0.0351. The molecular weight excluding hydrogens is 270 g/mol. The summed E-state index contributed by atoms with van der Waals surface area (Å²) in [6, 6.07) is 12.1. The molecule has 0 N–H and O–H groups in total. The van der Waals surface area contributed by atoms with Crippen LogP contribution in [0.3, 0.4) is 0 Å². The largest absolute Gasteiger partial charge is 0.496 e. The first-order valence-corrected chi connectivity index (χ1v) is 7.05. The second-order valence-electron chi connectivity index (χ2n) is 4.45. The molecule has 1 heterocycles. The van der Waals surface area contributed by atoms with E-state index in [1.807, 2.05) is 30.3 Å². The van der Waals surface area contributed by atoms with Gasteiger partial charge in [-0.05, 0) is 16.8 Å². The van der Waals surface area contributed by atoms with Crippen LogP contribution >= 0.6 is 11.3 Å². The Morgan fingerprint density at radius 3 is 2.70 bits per heavy atom. The lowest BCUT2D eigenvalue weighted by Crippen LogP contribution is -1.89. The minimum Gasteiger partial charge on any atom is -0.496 e. The Balaban J connectivity index is 2.29. The van der Waals surface area contributed by atoms with E-state index in [1.165, 1.54) is 11.3 Å². The Morgan fingerprint density at radius 1 is 1.20 bits per heavy atom. The average Bonchev–Trinajstić information content (AvgIpc) is 2.95. The fourth-order valence-corrected chi connectivity index (χ4v) is 3.07. The number of Topliss-reactive ketones (excluding diaryl/α,β-unsaturated/α-hetero) is 1. The predicted molar refractivity (Wildman–Crippen MR) is 81.6 cm³/mol. The molecule has 3 rings (SSSR count). The molecule has 2 aromatic carbocycles. The fourth-order valence-electron chi connectivity index (χ4n) is 2.19. The Hall–Kier alpha value is -2.20. The molecule has 0 radical (unpaired) electrons. The number of carbonyl (C=O) groups is 1. The third-order valence-corrected chi connectivity index (χ3v) is 4.29. The van der Waals surface area contributed by atoms with Crippen molar-refractivity contribution in [3.05, 3.63) is 47.5 Å². The van der Waals surface area contributed by atoms with Crippen LogP contribution in [0.1, 0.15) is 16.6 Å². The van der Waals surface area contributed by atoms with Gasteiger partial charge in [0, 0.05) is 13.1 Å². The molecule has 0 aliphatic carbocycles. The van der Waals surface area contributed by atoms with Gasteiger partial charge in [0.2, 0.25) is 0 Å². The molecule has 0 unspecified atom stereocenters. The predicted octanol–water partition coefficient (Wildman–Crippen LogP) is 4.17. The van der Waals surface area contributed by atoms with E-state index in [4.69, 9.17) is 4.74 Å². The van der Waals surface area contributed by atoms with Crippen LogP contribution in [-0.2, 0) is 0 Å². The number of ether oxygens (including phenoxy) is 1. The van der Waals surface area contributed by atoms with Crippen molar-refractivity contribution in [3.8, 4) is 16.3 Å². The summed E-state index contributed by atoms with van der Waals surface area (Å²) in [6.45, 7) is 1.55. The fraction of sp³-hybridized carbons (Fsp3) is 0.125. The summed E-state index contributed by atoms with van der Waals surface area (Å²) in [7, 11) is 1.65. The highest BCUT2D eigenvalue weighted by Crippen LogP contribution is 2.38. The number of methoxy groups -OCH3 is 1. The van der Waals surface area contributed by atoms with Crippen LogP contribution in [0.2, 0.25) is 0 Å². The van der Waals surface area contributed by atoms with Crippen molar-refractivity contribution in [1.82, 2.24) is 4.98 Å². The van der Waals surface area contributed by atoms with Crippen LogP contribution in [0.4, 0.5) is 0 Å². The number of thiazole rings is 1. The summed E-state index contributed by atoms with van der Waals surface area (Å²) in [4.78, 5) is 16.5. The monoisotopic (exact) mass is 283 g/mol. The van der Waals surface area contributed by atoms with Crippen molar-refractivity contribution in [2.45, 2.75) is 6.92 Å². The number of carbonyl (C=O) groups excluding carboxylic acids is 1. The third kappa shape index (κ3) is 2.08. The minimum atomic E-state index is 0.0351. The summed E-state index contributed by atoms with van der Waals surface area (Å²) < 4.78 is 5.46. The molecule has 1 aromatic heterocycles. The van der Waals surface area contributed by atoms with Gasteiger partial charge in [0.05, 0.1) is 17.6 Å². The highest BCUT2D eigenvalue weighted by atomic mass is 32.1. The van der Waals surface area contributed by atoms with Crippen LogP contribution < -0.4 is 4.74 Å². The summed E-state index contributed by atoms with van der Waals surface area (Å²) in [5.74, 6) is 0.807. The first-order chi connectivity index (χ1) is 9.70. The molecule has 0 spiro atoms. The molecule has 0 aliphatic rings. The van der Waals surface area contributed by atoms with Gasteiger partial charge in [0.25, 0.3) is 0 Å². The van der Waals surface area contributed by atoms with E-state index in [1.54, 1.807) is 20.2 Å². The zero-order chi connectivity index (χ0) is 14.1. The van der Waals surface area contributed by atoms with E-state index in [0.717, 1.165) is 27.1 Å². The van der Waals surface area contributed by atoms with Gasteiger partial charge in [-0.3, -0.25) is 4.79 Å². The number of fused-ring (bicyclic) bond motifs is 1. The first kappa shape index (κ1) is 12.8. The summed E-state index contributed by atoms with van der Waals surface area (Å²) >= 11 is 1.40. The van der Waals surface area contributed by atoms with Gasteiger partial charge in [-0.2, -0.15) is 0 Å². The van der Waals surface area contributed by atoms with E-state index < -0.39 is 0 Å². The molecule has 100 valence electrons. The van der Waals surface area contributed by atoms with E-state index in [9.17, 15) is 4.79 Å². The molecule has 20 heavy (non-hydrogen) atoms.